The fraction of sp³-hybridized carbons (Fsp3) is 0.0909. The van der Waals surface area contributed by atoms with Crippen molar-refractivity contribution in [3.05, 3.63) is 58.9 Å². The molecule has 0 aliphatic heterocycles. The molecule has 0 saturated carbocycles. The molecule has 0 spiro atoms. The van der Waals surface area contributed by atoms with E-state index < -0.39 is 11.9 Å². The molecule has 0 aliphatic rings. The van der Waals surface area contributed by atoms with Gasteiger partial charge < -0.3 is 0 Å². The minimum Gasteiger partial charge on any atom is -0.271 e. The fourth-order valence-corrected chi connectivity index (χ4v) is 1.69. The number of halogens is 2. The zero-order valence-electron chi connectivity index (χ0n) is 8.77. The molecule has 0 aliphatic carbocycles. The smallest absolute Gasteiger partial charge is 0.129 e. The van der Waals surface area contributed by atoms with Gasteiger partial charge in [0.25, 0.3) is 0 Å². The minimum atomic E-state index is -0.555. The van der Waals surface area contributed by atoms with Crippen molar-refractivity contribution in [1.29, 1.82) is 0 Å². The highest BCUT2D eigenvalue weighted by Gasteiger charge is 2.17. The van der Waals surface area contributed by atoms with Crippen LogP contribution in [0.3, 0.4) is 0 Å². The van der Waals surface area contributed by atoms with Crippen molar-refractivity contribution in [3.8, 4) is 0 Å². The Balaban J connectivity index is 2.42. The van der Waals surface area contributed by atoms with Crippen LogP contribution in [-0.4, -0.2) is 9.97 Å². The highest BCUT2D eigenvalue weighted by atomic mass is 35.5. The third-order valence-electron chi connectivity index (χ3n) is 2.32. The van der Waals surface area contributed by atoms with E-state index in [2.05, 4.69) is 15.4 Å². The summed E-state index contributed by atoms with van der Waals surface area (Å²) in [5.74, 6) is 4.99. The maximum atomic E-state index is 13.7. The molecular formula is C11H10ClFN4. The van der Waals surface area contributed by atoms with Gasteiger partial charge in [-0.1, -0.05) is 17.7 Å². The quantitative estimate of drug-likeness (QED) is 0.646. The maximum absolute atomic E-state index is 13.7. The number of nitrogens with one attached hydrogen (secondary N) is 1. The monoisotopic (exact) mass is 252 g/mol. The summed E-state index contributed by atoms with van der Waals surface area (Å²) >= 11 is 5.69. The number of hydrazine groups is 1. The van der Waals surface area contributed by atoms with Crippen LogP contribution in [0.25, 0.3) is 0 Å². The summed E-state index contributed by atoms with van der Waals surface area (Å²) in [6.07, 6.45) is 4.58. The summed E-state index contributed by atoms with van der Waals surface area (Å²) in [5.41, 5.74) is 3.42. The van der Waals surface area contributed by atoms with E-state index >= 15 is 0 Å². The molecule has 0 amide bonds. The molecule has 88 valence electrons. The average molecular weight is 253 g/mol. The summed E-state index contributed by atoms with van der Waals surface area (Å²) < 4.78 is 13.7. The second kappa shape index (κ2) is 5.18. The molecule has 1 atom stereocenters. The van der Waals surface area contributed by atoms with Crippen molar-refractivity contribution in [2.75, 3.05) is 0 Å². The summed E-state index contributed by atoms with van der Waals surface area (Å²) in [5, 5.41) is 0.334. The van der Waals surface area contributed by atoms with E-state index in [9.17, 15) is 4.39 Å². The van der Waals surface area contributed by atoms with Crippen molar-refractivity contribution in [2.45, 2.75) is 6.04 Å². The summed E-state index contributed by atoms with van der Waals surface area (Å²) in [6.45, 7) is 0. The van der Waals surface area contributed by atoms with E-state index in [1.54, 1.807) is 12.1 Å². The third-order valence-corrected chi connectivity index (χ3v) is 2.55. The fourth-order valence-electron chi connectivity index (χ4n) is 1.53. The van der Waals surface area contributed by atoms with Crippen LogP contribution >= 0.6 is 11.6 Å². The lowest BCUT2D eigenvalue weighted by Gasteiger charge is -2.16. The molecule has 1 aromatic carbocycles. The van der Waals surface area contributed by atoms with Gasteiger partial charge in [0.1, 0.15) is 5.82 Å². The first-order chi connectivity index (χ1) is 8.22. The van der Waals surface area contributed by atoms with Gasteiger partial charge in [0.05, 0.1) is 17.9 Å². The molecule has 4 nitrogen and oxygen atoms in total. The van der Waals surface area contributed by atoms with Gasteiger partial charge in [-0.25, -0.2) is 9.82 Å². The molecule has 1 aromatic heterocycles. The van der Waals surface area contributed by atoms with Gasteiger partial charge in [0, 0.05) is 23.0 Å². The zero-order valence-corrected chi connectivity index (χ0v) is 9.53. The molecule has 0 saturated heterocycles. The molecule has 6 heteroatoms. The summed E-state index contributed by atoms with van der Waals surface area (Å²) in [7, 11) is 0. The van der Waals surface area contributed by atoms with Crippen LogP contribution in [0.15, 0.2) is 36.8 Å². The highest BCUT2D eigenvalue weighted by Crippen LogP contribution is 2.24. The molecule has 0 bridgehead atoms. The first kappa shape index (κ1) is 11.9. The van der Waals surface area contributed by atoms with E-state index in [1.165, 1.54) is 24.7 Å². The number of benzene rings is 1. The SMILES string of the molecule is NNC(c1cnccn1)c1ccc(Cl)cc1F. The first-order valence-electron chi connectivity index (χ1n) is 4.89. The van der Waals surface area contributed by atoms with E-state index in [1.807, 2.05) is 0 Å². The van der Waals surface area contributed by atoms with Crippen molar-refractivity contribution in [1.82, 2.24) is 15.4 Å². The molecule has 0 fully saturated rings. The Hall–Kier alpha value is -1.56. The lowest BCUT2D eigenvalue weighted by atomic mass is 10.0. The molecule has 17 heavy (non-hydrogen) atoms. The normalized spacial score (nSPS) is 12.4. The lowest BCUT2D eigenvalue weighted by Crippen LogP contribution is -2.30. The molecular weight excluding hydrogens is 243 g/mol. The van der Waals surface area contributed by atoms with Gasteiger partial charge in [-0.3, -0.25) is 15.8 Å². The van der Waals surface area contributed by atoms with Crippen LogP contribution < -0.4 is 11.3 Å². The number of hydrogen-bond donors (Lipinski definition) is 2. The Labute approximate surface area is 103 Å². The Morgan fingerprint density at radius 2 is 2.18 bits per heavy atom. The number of aromatic nitrogens is 2. The number of nitrogens with two attached hydrogens (primary N) is 1. The van der Waals surface area contributed by atoms with Crippen LogP contribution in [-0.2, 0) is 0 Å². The molecule has 3 N–H and O–H groups in total. The zero-order chi connectivity index (χ0) is 12.3. The predicted molar refractivity (Wildman–Crippen MR) is 62.6 cm³/mol. The van der Waals surface area contributed by atoms with Gasteiger partial charge in [0.15, 0.2) is 0 Å². The standard InChI is InChI=1S/C11H10ClFN4/c12-7-1-2-8(9(13)5-7)11(17-14)10-6-15-3-4-16-10/h1-6,11,17H,14H2. The van der Waals surface area contributed by atoms with Crippen molar-refractivity contribution in [2.24, 2.45) is 5.84 Å². The highest BCUT2D eigenvalue weighted by molar-refractivity contribution is 6.30. The van der Waals surface area contributed by atoms with Gasteiger partial charge in [-0.15, -0.1) is 0 Å². The average Bonchev–Trinajstić information content (AvgIpc) is 2.34. The van der Waals surface area contributed by atoms with Gasteiger partial charge >= 0.3 is 0 Å². The summed E-state index contributed by atoms with van der Waals surface area (Å²) in [4.78, 5) is 8.00. The predicted octanol–water partition coefficient (Wildman–Crippen LogP) is 1.82. The molecule has 2 aromatic rings. The first-order valence-corrected chi connectivity index (χ1v) is 5.27. The van der Waals surface area contributed by atoms with Gasteiger partial charge in [-0.2, -0.15) is 0 Å². The molecule has 1 heterocycles. The van der Waals surface area contributed by atoms with Gasteiger partial charge in [0.2, 0.25) is 0 Å². The van der Waals surface area contributed by atoms with Crippen LogP contribution in [0.2, 0.25) is 5.02 Å². The number of hydrogen-bond acceptors (Lipinski definition) is 4. The van der Waals surface area contributed by atoms with E-state index in [4.69, 9.17) is 17.4 Å². The van der Waals surface area contributed by atoms with Crippen LogP contribution in [0.4, 0.5) is 4.39 Å². The van der Waals surface area contributed by atoms with Crippen molar-refractivity contribution < 1.29 is 4.39 Å². The molecule has 2 rings (SSSR count). The van der Waals surface area contributed by atoms with E-state index in [-0.39, 0.29) is 0 Å². The van der Waals surface area contributed by atoms with Crippen LogP contribution in [0, 0.1) is 5.82 Å². The Bertz CT molecular complexity index is 506. The maximum Gasteiger partial charge on any atom is 0.129 e. The molecule has 0 radical (unpaired) electrons. The third kappa shape index (κ3) is 2.58. The Kier molecular flexibility index (Phi) is 3.63. The van der Waals surface area contributed by atoms with E-state index in [0.29, 0.717) is 16.3 Å². The largest absolute Gasteiger partial charge is 0.271 e. The second-order valence-corrected chi connectivity index (χ2v) is 3.83. The van der Waals surface area contributed by atoms with Crippen LogP contribution in [0.1, 0.15) is 17.3 Å². The van der Waals surface area contributed by atoms with Gasteiger partial charge in [-0.05, 0) is 12.1 Å². The van der Waals surface area contributed by atoms with Crippen LogP contribution in [0.5, 0.6) is 0 Å². The number of rotatable bonds is 3. The second-order valence-electron chi connectivity index (χ2n) is 3.40. The Morgan fingerprint density at radius 3 is 2.76 bits per heavy atom. The van der Waals surface area contributed by atoms with Crippen molar-refractivity contribution >= 4 is 11.6 Å². The minimum absolute atomic E-state index is 0.334. The Morgan fingerprint density at radius 1 is 1.35 bits per heavy atom. The molecule has 1 unspecified atom stereocenters. The van der Waals surface area contributed by atoms with Crippen molar-refractivity contribution in [3.63, 3.8) is 0 Å². The topological polar surface area (TPSA) is 63.8 Å². The lowest BCUT2D eigenvalue weighted by molar-refractivity contribution is 0.552. The van der Waals surface area contributed by atoms with E-state index in [0.717, 1.165) is 0 Å². The number of nitrogens with zero attached hydrogens (tertiary/aromatic N) is 2. The summed E-state index contributed by atoms with van der Waals surface area (Å²) in [6, 6.07) is 3.84.